The zero-order chi connectivity index (χ0) is 10.2. The van der Waals surface area contributed by atoms with E-state index in [-0.39, 0.29) is 6.10 Å². The van der Waals surface area contributed by atoms with E-state index in [0.717, 1.165) is 19.4 Å². The third-order valence-corrected chi connectivity index (χ3v) is 2.70. The molecule has 1 atom stereocenters. The molecule has 1 unspecified atom stereocenters. The van der Waals surface area contributed by atoms with Crippen LogP contribution < -0.4 is 5.32 Å². The fourth-order valence-electron chi connectivity index (χ4n) is 1.44. The van der Waals surface area contributed by atoms with Gasteiger partial charge in [0.2, 0.25) is 0 Å². The second-order valence-corrected chi connectivity index (χ2v) is 4.12. The quantitative estimate of drug-likeness (QED) is 0.582. The van der Waals surface area contributed by atoms with Crippen LogP contribution in [0.15, 0.2) is 0 Å². The molecule has 1 rings (SSSR count). The van der Waals surface area contributed by atoms with Gasteiger partial charge in [-0.25, -0.2) is 0 Å². The lowest BCUT2D eigenvalue weighted by molar-refractivity contribution is 0.0331. The number of rotatable bonds is 8. The molecular weight excluding hydrogens is 178 g/mol. The van der Waals surface area contributed by atoms with Crippen LogP contribution >= 0.6 is 0 Å². The lowest BCUT2D eigenvalue weighted by atomic mass is 9.93. The fraction of sp³-hybridized carbons (Fsp3) is 1.00. The molecule has 0 aliphatic heterocycles. The van der Waals surface area contributed by atoms with Gasteiger partial charge in [0, 0.05) is 19.2 Å². The van der Waals surface area contributed by atoms with Gasteiger partial charge in [-0.2, -0.15) is 0 Å². The first-order valence-electron chi connectivity index (χ1n) is 5.82. The van der Waals surface area contributed by atoms with E-state index in [4.69, 9.17) is 4.74 Å². The lowest BCUT2D eigenvalue weighted by Gasteiger charge is -2.27. The summed E-state index contributed by atoms with van der Waals surface area (Å²) >= 11 is 0. The Kier molecular flexibility index (Phi) is 6.15. The van der Waals surface area contributed by atoms with Crippen LogP contribution in [0.4, 0.5) is 0 Å². The molecule has 3 nitrogen and oxygen atoms in total. The van der Waals surface area contributed by atoms with Crippen molar-refractivity contribution in [1.29, 1.82) is 0 Å². The molecule has 0 spiro atoms. The summed E-state index contributed by atoms with van der Waals surface area (Å²) in [4.78, 5) is 0. The van der Waals surface area contributed by atoms with Gasteiger partial charge >= 0.3 is 0 Å². The molecule has 3 heteroatoms. The van der Waals surface area contributed by atoms with Crippen molar-refractivity contribution in [3.05, 3.63) is 0 Å². The van der Waals surface area contributed by atoms with Crippen LogP contribution in [0.1, 0.15) is 39.0 Å². The Morgan fingerprint density at radius 1 is 1.50 bits per heavy atom. The molecule has 1 aliphatic carbocycles. The molecular formula is C11H23NO2. The third-order valence-electron chi connectivity index (χ3n) is 2.70. The molecule has 0 amide bonds. The summed E-state index contributed by atoms with van der Waals surface area (Å²) in [7, 11) is 0. The first-order chi connectivity index (χ1) is 6.83. The minimum Gasteiger partial charge on any atom is -0.389 e. The summed E-state index contributed by atoms with van der Waals surface area (Å²) in [5, 5.41) is 12.9. The van der Waals surface area contributed by atoms with Gasteiger partial charge in [-0.3, -0.25) is 0 Å². The molecule has 1 fully saturated rings. The van der Waals surface area contributed by atoms with E-state index in [1.165, 1.54) is 19.3 Å². The molecule has 0 aromatic rings. The van der Waals surface area contributed by atoms with Crippen molar-refractivity contribution in [3.63, 3.8) is 0 Å². The van der Waals surface area contributed by atoms with Crippen LogP contribution in [0.3, 0.4) is 0 Å². The van der Waals surface area contributed by atoms with E-state index in [1.54, 1.807) is 0 Å². The Morgan fingerprint density at radius 3 is 2.86 bits per heavy atom. The predicted octanol–water partition coefficient (Wildman–Crippen LogP) is 1.31. The predicted molar refractivity (Wildman–Crippen MR) is 57.4 cm³/mol. The van der Waals surface area contributed by atoms with Gasteiger partial charge in [0.1, 0.15) is 0 Å². The van der Waals surface area contributed by atoms with E-state index < -0.39 is 0 Å². The summed E-state index contributed by atoms with van der Waals surface area (Å²) in [6, 6.07) is 0.653. The largest absolute Gasteiger partial charge is 0.389 e. The fourth-order valence-corrected chi connectivity index (χ4v) is 1.44. The van der Waals surface area contributed by atoms with E-state index >= 15 is 0 Å². The van der Waals surface area contributed by atoms with Gasteiger partial charge in [0.05, 0.1) is 12.7 Å². The zero-order valence-corrected chi connectivity index (χ0v) is 9.17. The second kappa shape index (κ2) is 7.21. The Balaban J connectivity index is 1.84. The molecule has 1 saturated carbocycles. The van der Waals surface area contributed by atoms with Crippen LogP contribution in [-0.2, 0) is 4.74 Å². The van der Waals surface area contributed by atoms with Crippen LogP contribution in [0.5, 0.6) is 0 Å². The smallest absolute Gasteiger partial charge is 0.0897 e. The topological polar surface area (TPSA) is 41.5 Å². The van der Waals surface area contributed by atoms with Gasteiger partial charge in [-0.1, -0.05) is 19.8 Å². The highest BCUT2D eigenvalue weighted by molar-refractivity contribution is 4.77. The molecule has 0 radical (unpaired) electrons. The van der Waals surface area contributed by atoms with Gasteiger partial charge in [0.25, 0.3) is 0 Å². The minimum absolute atomic E-state index is 0.340. The van der Waals surface area contributed by atoms with Gasteiger partial charge in [0.15, 0.2) is 0 Å². The second-order valence-electron chi connectivity index (χ2n) is 4.12. The normalized spacial score (nSPS) is 19.3. The Labute approximate surface area is 86.8 Å². The lowest BCUT2D eigenvalue weighted by Crippen LogP contribution is -2.41. The molecule has 0 aromatic carbocycles. The molecule has 2 N–H and O–H groups in total. The number of unbranched alkanes of at least 4 members (excludes halogenated alkanes) is 1. The molecule has 0 aromatic heterocycles. The Morgan fingerprint density at radius 2 is 2.29 bits per heavy atom. The number of nitrogens with one attached hydrogen (secondary N) is 1. The molecule has 0 heterocycles. The molecule has 84 valence electrons. The summed E-state index contributed by atoms with van der Waals surface area (Å²) in [6.45, 7) is 4.06. The average molecular weight is 201 g/mol. The zero-order valence-electron chi connectivity index (χ0n) is 9.17. The Bertz CT molecular complexity index is 137. The van der Waals surface area contributed by atoms with Crippen LogP contribution in [-0.4, -0.2) is 37.0 Å². The Hall–Kier alpha value is -0.120. The van der Waals surface area contributed by atoms with Crippen molar-refractivity contribution in [2.75, 3.05) is 19.8 Å². The maximum Gasteiger partial charge on any atom is 0.0897 e. The van der Waals surface area contributed by atoms with Gasteiger partial charge < -0.3 is 15.2 Å². The summed E-state index contributed by atoms with van der Waals surface area (Å²) in [5.74, 6) is 0. The SMILES string of the molecule is CCCCOCC(O)CNC1CCC1. The summed E-state index contributed by atoms with van der Waals surface area (Å²) < 4.78 is 5.33. The van der Waals surface area contributed by atoms with E-state index in [1.807, 2.05) is 0 Å². The van der Waals surface area contributed by atoms with Crippen molar-refractivity contribution >= 4 is 0 Å². The van der Waals surface area contributed by atoms with Crippen LogP contribution in [0, 0.1) is 0 Å². The number of aliphatic hydroxyl groups is 1. The molecule has 0 saturated heterocycles. The van der Waals surface area contributed by atoms with Crippen molar-refractivity contribution in [3.8, 4) is 0 Å². The van der Waals surface area contributed by atoms with Gasteiger partial charge in [-0.15, -0.1) is 0 Å². The minimum atomic E-state index is -0.340. The van der Waals surface area contributed by atoms with E-state index in [9.17, 15) is 5.11 Å². The average Bonchev–Trinajstić information content (AvgIpc) is 2.10. The highest BCUT2D eigenvalue weighted by Crippen LogP contribution is 2.17. The van der Waals surface area contributed by atoms with Crippen molar-refractivity contribution < 1.29 is 9.84 Å². The monoisotopic (exact) mass is 201 g/mol. The maximum absolute atomic E-state index is 9.53. The molecule has 14 heavy (non-hydrogen) atoms. The van der Waals surface area contributed by atoms with Crippen molar-refractivity contribution in [1.82, 2.24) is 5.32 Å². The third kappa shape index (κ3) is 4.94. The highest BCUT2D eigenvalue weighted by Gasteiger charge is 2.17. The van der Waals surface area contributed by atoms with E-state index in [2.05, 4.69) is 12.2 Å². The number of hydrogen-bond acceptors (Lipinski definition) is 3. The molecule has 1 aliphatic rings. The number of hydrogen-bond donors (Lipinski definition) is 2. The maximum atomic E-state index is 9.53. The van der Waals surface area contributed by atoms with E-state index in [0.29, 0.717) is 19.2 Å². The van der Waals surface area contributed by atoms with Gasteiger partial charge in [-0.05, 0) is 19.3 Å². The van der Waals surface area contributed by atoms with Crippen LogP contribution in [0.25, 0.3) is 0 Å². The number of aliphatic hydroxyl groups excluding tert-OH is 1. The van der Waals surface area contributed by atoms with Crippen molar-refractivity contribution in [2.45, 2.75) is 51.2 Å². The standard InChI is InChI=1S/C11H23NO2/c1-2-3-7-14-9-11(13)8-12-10-5-4-6-10/h10-13H,2-9H2,1H3. The first-order valence-corrected chi connectivity index (χ1v) is 5.82. The number of ether oxygens (including phenoxy) is 1. The summed E-state index contributed by atoms with van der Waals surface area (Å²) in [5.41, 5.74) is 0. The van der Waals surface area contributed by atoms with Crippen molar-refractivity contribution in [2.24, 2.45) is 0 Å². The first kappa shape index (κ1) is 12.0. The summed E-state index contributed by atoms with van der Waals surface area (Å²) in [6.07, 6.45) is 5.76. The highest BCUT2D eigenvalue weighted by atomic mass is 16.5. The molecule has 0 bridgehead atoms. The van der Waals surface area contributed by atoms with Crippen LogP contribution in [0.2, 0.25) is 0 Å².